The number of rotatable bonds is 7. The molecule has 0 spiro atoms. The Morgan fingerprint density at radius 3 is 2.55 bits per heavy atom. The summed E-state index contributed by atoms with van der Waals surface area (Å²) in [7, 11) is 0. The molecule has 0 aromatic carbocycles. The highest BCUT2D eigenvalue weighted by molar-refractivity contribution is 4.88. The van der Waals surface area contributed by atoms with Gasteiger partial charge in [0, 0.05) is 26.2 Å². The molecule has 2 fully saturated rings. The Kier molecular flexibility index (Phi) is 6.75. The van der Waals surface area contributed by atoms with E-state index in [1.807, 2.05) is 0 Å². The first-order valence-corrected chi connectivity index (χ1v) is 8.42. The average molecular weight is 284 g/mol. The first kappa shape index (κ1) is 16.2. The molecule has 0 aromatic heterocycles. The van der Waals surface area contributed by atoms with E-state index >= 15 is 0 Å². The van der Waals surface area contributed by atoms with Crippen LogP contribution in [-0.2, 0) is 9.47 Å². The van der Waals surface area contributed by atoms with E-state index in [4.69, 9.17) is 15.2 Å². The van der Waals surface area contributed by atoms with E-state index in [1.165, 1.54) is 25.7 Å². The molecule has 1 aliphatic carbocycles. The van der Waals surface area contributed by atoms with Crippen LogP contribution in [0.25, 0.3) is 0 Å². The molecule has 0 aromatic rings. The van der Waals surface area contributed by atoms with Gasteiger partial charge in [-0.3, -0.25) is 4.90 Å². The van der Waals surface area contributed by atoms with Gasteiger partial charge in [-0.25, -0.2) is 0 Å². The Labute approximate surface area is 124 Å². The molecule has 2 aliphatic rings. The van der Waals surface area contributed by atoms with Crippen molar-refractivity contribution in [2.45, 2.75) is 51.0 Å². The van der Waals surface area contributed by atoms with Gasteiger partial charge in [0.1, 0.15) is 0 Å². The molecule has 4 heteroatoms. The van der Waals surface area contributed by atoms with E-state index in [1.54, 1.807) is 0 Å². The van der Waals surface area contributed by atoms with Crippen LogP contribution in [0.4, 0.5) is 0 Å². The predicted molar refractivity (Wildman–Crippen MR) is 81.9 cm³/mol. The third-order valence-corrected chi connectivity index (χ3v) is 5.00. The van der Waals surface area contributed by atoms with Crippen LogP contribution in [0.15, 0.2) is 0 Å². The lowest BCUT2D eigenvalue weighted by molar-refractivity contribution is -0.0817. The maximum atomic E-state index is 6.24. The lowest BCUT2D eigenvalue weighted by Gasteiger charge is -2.40. The molecule has 2 N–H and O–H groups in total. The fourth-order valence-electron chi connectivity index (χ4n) is 3.52. The van der Waals surface area contributed by atoms with Crippen molar-refractivity contribution in [2.24, 2.45) is 11.7 Å². The van der Waals surface area contributed by atoms with Crippen molar-refractivity contribution in [3.63, 3.8) is 0 Å². The van der Waals surface area contributed by atoms with Gasteiger partial charge in [0.15, 0.2) is 0 Å². The predicted octanol–water partition coefficient (Wildman–Crippen LogP) is 2.02. The molecule has 0 atom stereocenters. The van der Waals surface area contributed by atoms with Crippen molar-refractivity contribution < 1.29 is 9.47 Å². The largest absolute Gasteiger partial charge is 0.379 e. The van der Waals surface area contributed by atoms with E-state index < -0.39 is 0 Å². The zero-order valence-electron chi connectivity index (χ0n) is 13.1. The number of nitrogens with two attached hydrogens (primary N) is 1. The standard InChI is InChI=1S/C16H32N2O2/c1-2-3-15-4-6-16(14-17,7-5-15)20-13-10-18-8-11-19-12-9-18/h15H,2-14,17H2,1H3. The molecule has 118 valence electrons. The van der Waals surface area contributed by atoms with E-state index in [9.17, 15) is 0 Å². The zero-order chi connectivity index (χ0) is 14.3. The Morgan fingerprint density at radius 2 is 1.95 bits per heavy atom. The van der Waals surface area contributed by atoms with Gasteiger partial charge in [-0.05, 0) is 31.6 Å². The Hall–Kier alpha value is -0.160. The summed E-state index contributed by atoms with van der Waals surface area (Å²) in [5, 5.41) is 0. The summed E-state index contributed by atoms with van der Waals surface area (Å²) in [4.78, 5) is 2.43. The molecule has 0 bridgehead atoms. The molecule has 1 saturated heterocycles. The third-order valence-electron chi connectivity index (χ3n) is 5.00. The van der Waals surface area contributed by atoms with Crippen LogP contribution < -0.4 is 5.73 Å². The fraction of sp³-hybridized carbons (Fsp3) is 1.00. The number of hydrogen-bond acceptors (Lipinski definition) is 4. The molecule has 1 saturated carbocycles. The smallest absolute Gasteiger partial charge is 0.0805 e. The van der Waals surface area contributed by atoms with Crippen LogP contribution in [0.1, 0.15) is 45.4 Å². The monoisotopic (exact) mass is 284 g/mol. The van der Waals surface area contributed by atoms with E-state index in [-0.39, 0.29) is 5.60 Å². The summed E-state index contributed by atoms with van der Waals surface area (Å²) in [6.45, 7) is 8.59. The van der Waals surface area contributed by atoms with Crippen molar-refractivity contribution in [3.8, 4) is 0 Å². The minimum absolute atomic E-state index is 0.0312. The minimum atomic E-state index is -0.0312. The van der Waals surface area contributed by atoms with Crippen molar-refractivity contribution in [1.29, 1.82) is 0 Å². The highest BCUT2D eigenvalue weighted by Gasteiger charge is 2.34. The molecule has 0 unspecified atom stereocenters. The van der Waals surface area contributed by atoms with Crippen LogP contribution >= 0.6 is 0 Å². The molecule has 0 amide bonds. The van der Waals surface area contributed by atoms with Gasteiger partial charge in [0.2, 0.25) is 0 Å². The lowest BCUT2D eigenvalue weighted by atomic mass is 9.77. The normalized spacial score (nSPS) is 32.4. The summed E-state index contributed by atoms with van der Waals surface area (Å²) in [5.74, 6) is 0.905. The SMILES string of the molecule is CCCC1CCC(CN)(OCCN2CCOCC2)CC1. The third kappa shape index (κ3) is 4.69. The Morgan fingerprint density at radius 1 is 1.25 bits per heavy atom. The van der Waals surface area contributed by atoms with Gasteiger partial charge in [0.05, 0.1) is 25.4 Å². The maximum absolute atomic E-state index is 6.24. The van der Waals surface area contributed by atoms with Gasteiger partial charge >= 0.3 is 0 Å². The first-order valence-electron chi connectivity index (χ1n) is 8.42. The number of ether oxygens (including phenoxy) is 2. The van der Waals surface area contributed by atoms with Crippen molar-refractivity contribution in [1.82, 2.24) is 4.90 Å². The molecule has 1 heterocycles. The number of nitrogens with zero attached hydrogens (tertiary/aromatic N) is 1. The first-order chi connectivity index (χ1) is 9.78. The summed E-state index contributed by atoms with van der Waals surface area (Å²) < 4.78 is 11.6. The van der Waals surface area contributed by atoms with Crippen molar-refractivity contribution in [3.05, 3.63) is 0 Å². The molecule has 1 aliphatic heterocycles. The number of morpholine rings is 1. The van der Waals surface area contributed by atoms with Gasteiger partial charge < -0.3 is 15.2 Å². The molecule has 2 rings (SSSR count). The van der Waals surface area contributed by atoms with Crippen molar-refractivity contribution in [2.75, 3.05) is 46.0 Å². The maximum Gasteiger partial charge on any atom is 0.0805 e. The van der Waals surface area contributed by atoms with E-state index in [2.05, 4.69) is 11.8 Å². The molecular weight excluding hydrogens is 252 g/mol. The second-order valence-corrected chi connectivity index (χ2v) is 6.42. The highest BCUT2D eigenvalue weighted by Crippen LogP contribution is 2.36. The van der Waals surface area contributed by atoms with Gasteiger partial charge in [-0.1, -0.05) is 19.8 Å². The highest BCUT2D eigenvalue weighted by atomic mass is 16.5. The number of hydrogen-bond donors (Lipinski definition) is 1. The topological polar surface area (TPSA) is 47.7 Å². The van der Waals surface area contributed by atoms with Crippen molar-refractivity contribution >= 4 is 0 Å². The summed E-state index contributed by atoms with van der Waals surface area (Å²) in [6, 6.07) is 0. The summed E-state index contributed by atoms with van der Waals surface area (Å²) in [6.07, 6.45) is 7.56. The Bertz CT molecular complexity index is 259. The molecular formula is C16H32N2O2. The van der Waals surface area contributed by atoms with Gasteiger partial charge in [0.25, 0.3) is 0 Å². The summed E-state index contributed by atoms with van der Waals surface area (Å²) in [5.41, 5.74) is 5.99. The van der Waals surface area contributed by atoms with Gasteiger partial charge in [-0.2, -0.15) is 0 Å². The van der Waals surface area contributed by atoms with Crippen LogP contribution in [0.2, 0.25) is 0 Å². The fourth-order valence-corrected chi connectivity index (χ4v) is 3.52. The van der Waals surface area contributed by atoms with E-state index in [0.717, 1.165) is 58.2 Å². The van der Waals surface area contributed by atoms with Crippen LogP contribution in [-0.4, -0.2) is 56.5 Å². The van der Waals surface area contributed by atoms with Crippen LogP contribution in [0, 0.1) is 5.92 Å². The lowest BCUT2D eigenvalue weighted by Crippen LogP contribution is -2.46. The average Bonchev–Trinajstić information content (AvgIpc) is 2.51. The van der Waals surface area contributed by atoms with E-state index in [0.29, 0.717) is 6.54 Å². The second-order valence-electron chi connectivity index (χ2n) is 6.42. The molecule has 4 nitrogen and oxygen atoms in total. The quantitative estimate of drug-likeness (QED) is 0.777. The Balaban J connectivity index is 1.69. The summed E-state index contributed by atoms with van der Waals surface area (Å²) >= 11 is 0. The molecule has 0 radical (unpaired) electrons. The zero-order valence-corrected chi connectivity index (χ0v) is 13.1. The van der Waals surface area contributed by atoms with Crippen LogP contribution in [0.5, 0.6) is 0 Å². The second kappa shape index (κ2) is 8.32. The minimum Gasteiger partial charge on any atom is -0.379 e. The van der Waals surface area contributed by atoms with Gasteiger partial charge in [-0.15, -0.1) is 0 Å². The van der Waals surface area contributed by atoms with Crippen LogP contribution in [0.3, 0.4) is 0 Å². The molecule has 20 heavy (non-hydrogen) atoms.